The zero-order valence-corrected chi connectivity index (χ0v) is 45.8. The van der Waals surface area contributed by atoms with E-state index >= 15 is 0 Å². The largest absolute Gasteiger partial charge is 0.458 e. The number of nitrogens with zero attached hydrogens (tertiary/aromatic N) is 2. The molecule has 6 nitrogen and oxygen atoms in total. The molecule has 0 saturated carbocycles. The fourth-order valence-electron chi connectivity index (χ4n) is 14.2. The second kappa shape index (κ2) is 16.7. The molecule has 0 unspecified atom stereocenters. The summed E-state index contributed by atoms with van der Waals surface area (Å²) in [5.74, 6) is 6.26. The molecule has 0 aromatic heterocycles. The van der Waals surface area contributed by atoms with Gasteiger partial charge in [-0.2, -0.15) is 0 Å². The maximum Gasteiger partial charge on any atom is 0.256 e. The lowest BCUT2D eigenvalue weighted by Gasteiger charge is -2.46. The summed E-state index contributed by atoms with van der Waals surface area (Å²) in [6.45, 7) is 19.0. The third-order valence-corrected chi connectivity index (χ3v) is 18.6. The van der Waals surface area contributed by atoms with Crippen LogP contribution in [0.15, 0.2) is 182 Å². The summed E-state index contributed by atoms with van der Waals surface area (Å²) in [7, 11) is 0. The monoisotopic (exact) mass is 1020 g/mol. The Labute approximate surface area is 459 Å². The van der Waals surface area contributed by atoms with Gasteiger partial charge in [0.15, 0.2) is 0 Å². The first-order valence-electron chi connectivity index (χ1n) is 28.0. The Hall–Kier alpha value is -8.09. The lowest BCUT2D eigenvalue weighted by molar-refractivity contribution is 0.332. The summed E-state index contributed by atoms with van der Waals surface area (Å²) in [5.41, 5.74) is 19.2. The molecular formula is C70H62B2N2O4. The van der Waals surface area contributed by atoms with E-state index in [2.05, 4.69) is 187 Å². The zero-order chi connectivity index (χ0) is 53.0. The third kappa shape index (κ3) is 7.17. The molecule has 382 valence electrons. The number of ether oxygens (including phenoxy) is 4. The highest BCUT2D eigenvalue weighted by molar-refractivity contribution is 7.02. The van der Waals surface area contributed by atoms with Gasteiger partial charge in [0.25, 0.3) is 13.4 Å². The molecule has 0 saturated heterocycles. The number of anilines is 6. The number of fused-ring (bicyclic) bond motifs is 10. The highest BCUT2D eigenvalue weighted by atomic mass is 16.5. The van der Waals surface area contributed by atoms with Crippen LogP contribution in [0.25, 0.3) is 0 Å². The van der Waals surface area contributed by atoms with Gasteiger partial charge >= 0.3 is 0 Å². The second-order valence-corrected chi connectivity index (χ2v) is 25.3. The summed E-state index contributed by atoms with van der Waals surface area (Å²) < 4.78 is 27.8. The third-order valence-electron chi connectivity index (χ3n) is 18.6. The number of rotatable bonds is 6. The van der Waals surface area contributed by atoms with E-state index in [1.54, 1.807) is 0 Å². The maximum atomic E-state index is 7.09. The first kappa shape index (κ1) is 47.1. The molecule has 9 aromatic carbocycles. The highest BCUT2D eigenvalue weighted by Gasteiger charge is 2.49. The number of para-hydroxylation sites is 4. The van der Waals surface area contributed by atoms with Crippen molar-refractivity contribution in [3.8, 4) is 46.0 Å². The molecule has 8 heteroatoms. The van der Waals surface area contributed by atoms with E-state index in [1.807, 2.05) is 60.7 Å². The Morgan fingerprint density at radius 2 is 0.718 bits per heavy atom. The normalized spacial score (nSPS) is 17.5. The van der Waals surface area contributed by atoms with Crippen LogP contribution in [0.3, 0.4) is 0 Å². The fourth-order valence-corrected chi connectivity index (χ4v) is 14.2. The van der Waals surface area contributed by atoms with Crippen molar-refractivity contribution >= 4 is 80.3 Å². The molecule has 0 bridgehead atoms. The Kier molecular flexibility index (Phi) is 10.1. The first-order chi connectivity index (χ1) is 37.6. The molecule has 9 aromatic rings. The summed E-state index contributed by atoms with van der Waals surface area (Å²) in [6, 6.07) is 65.8. The highest BCUT2D eigenvalue weighted by Crippen LogP contribution is 2.53. The SMILES string of the molecule is CC1(C)CCC(C)(C)c2cc(N3c4cc5c(cc4B4c6ccccc6Oc6cc(Oc7ccccc7)cc3c64)B3c4ccccc4Oc4cc(Oc6ccccc6)cc(c43)N5c3ccc4c(c3)C(C)(C)CCC4(C)C)ccc21. The molecule has 0 N–H and O–H groups in total. The zero-order valence-electron chi connectivity index (χ0n) is 45.8. The van der Waals surface area contributed by atoms with Crippen LogP contribution in [0.2, 0.25) is 0 Å². The van der Waals surface area contributed by atoms with Crippen molar-refractivity contribution in [1.29, 1.82) is 0 Å². The summed E-state index contributed by atoms with van der Waals surface area (Å²) in [5, 5.41) is 0. The van der Waals surface area contributed by atoms with Gasteiger partial charge in [-0.3, -0.25) is 0 Å². The van der Waals surface area contributed by atoms with Gasteiger partial charge in [0.05, 0.1) is 0 Å². The molecule has 0 atom stereocenters. The molecule has 6 aliphatic rings. The standard InChI is InChI=1S/C70H62B2N2O4/c1-67(2)31-33-69(5,6)51-35-43(27-29-49(51)67)73-57-42-58-56(41-55(57)71-53-23-15-17-25-61(53)77-63-39-47(37-59(73)65(63)71)75-45-19-11-9-12-20-45)72-54-24-16-18-26-62(54)78-64-40-48(76-46-21-13-10-14-22-46)38-60(66(64)72)74(58)44-28-30-50-52(36-44)70(7,8)34-32-68(50,3)4/h9-30,35-42H,31-34H2,1-8H3. The van der Waals surface area contributed by atoms with Gasteiger partial charge < -0.3 is 28.7 Å². The van der Waals surface area contributed by atoms with Crippen molar-refractivity contribution in [1.82, 2.24) is 0 Å². The van der Waals surface area contributed by atoms with Gasteiger partial charge in [-0.1, -0.05) is 146 Å². The molecule has 0 spiro atoms. The van der Waals surface area contributed by atoms with Crippen LogP contribution in [0.5, 0.6) is 46.0 Å². The molecule has 4 aliphatic heterocycles. The molecule has 2 aliphatic carbocycles. The predicted molar refractivity (Wildman–Crippen MR) is 322 cm³/mol. The van der Waals surface area contributed by atoms with E-state index in [1.165, 1.54) is 33.2 Å². The molecule has 0 fully saturated rings. The Morgan fingerprint density at radius 1 is 0.333 bits per heavy atom. The topological polar surface area (TPSA) is 43.4 Å². The lowest BCUT2D eigenvalue weighted by Crippen LogP contribution is -2.63. The predicted octanol–water partition coefficient (Wildman–Crippen LogP) is 14.8. The van der Waals surface area contributed by atoms with E-state index in [-0.39, 0.29) is 35.1 Å². The molecular weight excluding hydrogens is 954 g/mol. The van der Waals surface area contributed by atoms with Crippen LogP contribution in [-0.4, -0.2) is 13.4 Å². The van der Waals surface area contributed by atoms with Crippen LogP contribution < -0.4 is 61.5 Å². The average Bonchev–Trinajstić information content (AvgIpc) is 3.60. The Bertz CT molecular complexity index is 3720. The average molecular weight is 1020 g/mol. The minimum atomic E-state index is -0.159. The summed E-state index contributed by atoms with van der Waals surface area (Å²) in [6.07, 6.45) is 4.49. The van der Waals surface area contributed by atoms with Crippen LogP contribution in [0.4, 0.5) is 34.1 Å². The van der Waals surface area contributed by atoms with E-state index < -0.39 is 0 Å². The van der Waals surface area contributed by atoms with Crippen molar-refractivity contribution in [3.63, 3.8) is 0 Å². The lowest BCUT2D eigenvalue weighted by atomic mass is 9.31. The summed E-state index contributed by atoms with van der Waals surface area (Å²) >= 11 is 0. The van der Waals surface area contributed by atoms with Gasteiger partial charge in [0.1, 0.15) is 46.0 Å². The van der Waals surface area contributed by atoms with Crippen molar-refractivity contribution in [2.45, 2.75) is 103 Å². The van der Waals surface area contributed by atoms with E-state index in [9.17, 15) is 0 Å². The number of benzene rings is 9. The number of hydrogen-bond donors (Lipinski definition) is 0. The first-order valence-corrected chi connectivity index (χ1v) is 28.0. The van der Waals surface area contributed by atoms with E-state index in [4.69, 9.17) is 18.9 Å². The second-order valence-electron chi connectivity index (χ2n) is 25.3. The maximum absolute atomic E-state index is 7.09. The molecule has 78 heavy (non-hydrogen) atoms. The van der Waals surface area contributed by atoms with Crippen molar-refractivity contribution in [2.24, 2.45) is 0 Å². The molecule has 4 heterocycles. The van der Waals surface area contributed by atoms with E-state index in [0.29, 0.717) is 11.5 Å². The number of hydrogen-bond acceptors (Lipinski definition) is 6. The van der Waals surface area contributed by atoms with E-state index in [0.717, 1.165) is 116 Å². The van der Waals surface area contributed by atoms with Crippen LogP contribution in [0.1, 0.15) is 103 Å². The van der Waals surface area contributed by atoms with Crippen LogP contribution in [0, 0.1) is 0 Å². The van der Waals surface area contributed by atoms with Gasteiger partial charge in [0, 0.05) is 58.4 Å². The van der Waals surface area contributed by atoms with Crippen LogP contribution in [-0.2, 0) is 21.7 Å². The molecule has 0 radical (unpaired) electrons. The van der Waals surface area contributed by atoms with Crippen molar-refractivity contribution in [3.05, 3.63) is 204 Å². The van der Waals surface area contributed by atoms with Gasteiger partial charge in [-0.25, -0.2) is 0 Å². The minimum absolute atomic E-state index is 0.0272. The van der Waals surface area contributed by atoms with Crippen molar-refractivity contribution in [2.75, 3.05) is 9.80 Å². The minimum Gasteiger partial charge on any atom is -0.458 e. The van der Waals surface area contributed by atoms with Gasteiger partial charge in [-0.15, -0.1) is 0 Å². The molecule has 0 amide bonds. The quantitative estimate of drug-likeness (QED) is 0.155. The fraction of sp³-hybridized carbons (Fsp3) is 0.229. The van der Waals surface area contributed by atoms with Crippen LogP contribution >= 0.6 is 0 Å². The Morgan fingerprint density at radius 3 is 1.14 bits per heavy atom. The van der Waals surface area contributed by atoms with Gasteiger partial charge in [0.2, 0.25) is 0 Å². The summed E-state index contributed by atoms with van der Waals surface area (Å²) in [4.78, 5) is 5.06. The van der Waals surface area contributed by atoms with Crippen molar-refractivity contribution < 1.29 is 18.9 Å². The Balaban J connectivity index is 1.05. The van der Waals surface area contributed by atoms with Gasteiger partial charge in [-0.05, 0) is 169 Å². The molecule has 15 rings (SSSR count). The smallest absolute Gasteiger partial charge is 0.256 e.